The maximum absolute atomic E-state index is 6.04. The zero-order valence-corrected chi connectivity index (χ0v) is 10.8. The summed E-state index contributed by atoms with van der Waals surface area (Å²) in [6.45, 7) is 1.90. The molecule has 1 aromatic heterocycles. The van der Waals surface area contributed by atoms with Gasteiger partial charge in [-0.3, -0.25) is 0 Å². The zero-order chi connectivity index (χ0) is 11.8. The molecular formula is C12H12ClN3S. The summed E-state index contributed by atoms with van der Waals surface area (Å²) in [6, 6.07) is 6.10. The van der Waals surface area contributed by atoms with Gasteiger partial charge in [0.2, 0.25) is 0 Å². The van der Waals surface area contributed by atoms with E-state index in [2.05, 4.69) is 16.0 Å². The molecule has 0 atom stereocenters. The maximum atomic E-state index is 6.04. The van der Waals surface area contributed by atoms with Gasteiger partial charge in [0.05, 0.1) is 6.54 Å². The third kappa shape index (κ3) is 2.10. The van der Waals surface area contributed by atoms with Gasteiger partial charge in [-0.25, -0.2) is 4.98 Å². The lowest BCUT2D eigenvalue weighted by molar-refractivity contribution is 0.844. The third-order valence-corrected chi connectivity index (χ3v) is 4.00. The first-order valence-electron chi connectivity index (χ1n) is 5.46. The molecule has 0 fully saturated rings. The van der Waals surface area contributed by atoms with Crippen LogP contribution < -0.4 is 10.6 Å². The minimum absolute atomic E-state index is 0.630. The van der Waals surface area contributed by atoms with Crippen molar-refractivity contribution in [2.75, 3.05) is 17.2 Å². The Morgan fingerprint density at radius 3 is 3.12 bits per heavy atom. The van der Waals surface area contributed by atoms with Crippen LogP contribution in [0.2, 0.25) is 5.02 Å². The molecule has 5 heteroatoms. The summed E-state index contributed by atoms with van der Waals surface area (Å²) in [7, 11) is 0. The van der Waals surface area contributed by atoms with E-state index in [0.29, 0.717) is 5.13 Å². The normalized spacial score (nSPS) is 14.1. The van der Waals surface area contributed by atoms with Crippen LogP contribution in [0.15, 0.2) is 24.4 Å². The Balaban J connectivity index is 1.86. The molecule has 1 aliphatic rings. The Bertz CT molecular complexity index is 552. The summed E-state index contributed by atoms with van der Waals surface area (Å²) in [4.78, 5) is 7.59. The zero-order valence-electron chi connectivity index (χ0n) is 9.19. The number of thiazole rings is 1. The number of halogens is 1. The largest absolute Gasteiger partial charge is 0.375 e. The Morgan fingerprint density at radius 2 is 2.35 bits per heavy atom. The minimum Gasteiger partial charge on any atom is -0.375 e. The monoisotopic (exact) mass is 265 g/mol. The summed E-state index contributed by atoms with van der Waals surface area (Å²) in [5, 5.41) is 1.42. The number of nitrogens with zero attached hydrogens (tertiary/aromatic N) is 2. The molecule has 2 N–H and O–H groups in total. The van der Waals surface area contributed by atoms with Gasteiger partial charge in [0.25, 0.3) is 0 Å². The van der Waals surface area contributed by atoms with Crippen LogP contribution in [0, 0.1) is 0 Å². The second-order valence-electron chi connectivity index (χ2n) is 4.11. The van der Waals surface area contributed by atoms with Crippen LogP contribution in [-0.4, -0.2) is 11.5 Å². The van der Waals surface area contributed by atoms with Gasteiger partial charge in [0.15, 0.2) is 5.13 Å². The highest BCUT2D eigenvalue weighted by Crippen LogP contribution is 2.32. The van der Waals surface area contributed by atoms with Gasteiger partial charge >= 0.3 is 0 Å². The predicted molar refractivity (Wildman–Crippen MR) is 72.7 cm³/mol. The number of anilines is 2. The minimum atomic E-state index is 0.630. The van der Waals surface area contributed by atoms with Crippen LogP contribution in [0.5, 0.6) is 0 Å². The lowest BCUT2D eigenvalue weighted by atomic mass is 10.2. The molecular weight excluding hydrogens is 254 g/mol. The van der Waals surface area contributed by atoms with E-state index < -0.39 is 0 Å². The van der Waals surface area contributed by atoms with Crippen LogP contribution in [-0.2, 0) is 13.0 Å². The quantitative estimate of drug-likeness (QED) is 0.908. The number of aromatic nitrogens is 1. The van der Waals surface area contributed by atoms with Crippen molar-refractivity contribution in [3.05, 3.63) is 39.9 Å². The second-order valence-corrected chi connectivity index (χ2v) is 5.69. The molecule has 3 rings (SSSR count). The molecule has 1 aliphatic heterocycles. The van der Waals surface area contributed by atoms with Gasteiger partial charge in [-0.2, -0.15) is 0 Å². The van der Waals surface area contributed by atoms with E-state index in [1.807, 2.05) is 18.3 Å². The van der Waals surface area contributed by atoms with Crippen LogP contribution in [0.25, 0.3) is 0 Å². The van der Waals surface area contributed by atoms with Crippen molar-refractivity contribution < 1.29 is 0 Å². The van der Waals surface area contributed by atoms with Gasteiger partial charge in [-0.15, -0.1) is 11.3 Å². The number of benzene rings is 1. The van der Waals surface area contributed by atoms with Crippen molar-refractivity contribution in [2.24, 2.45) is 0 Å². The number of nitrogens with two attached hydrogens (primary N) is 1. The number of nitrogen functional groups attached to an aromatic ring is 1. The van der Waals surface area contributed by atoms with E-state index in [1.165, 1.54) is 16.1 Å². The van der Waals surface area contributed by atoms with Crippen molar-refractivity contribution in [3.8, 4) is 0 Å². The second kappa shape index (κ2) is 4.20. The maximum Gasteiger partial charge on any atom is 0.180 e. The highest BCUT2D eigenvalue weighted by molar-refractivity contribution is 7.15. The van der Waals surface area contributed by atoms with Gasteiger partial charge in [0.1, 0.15) is 0 Å². The Morgan fingerprint density at radius 1 is 1.47 bits per heavy atom. The first-order valence-corrected chi connectivity index (χ1v) is 6.65. The van der Waals surface area contributed by atoms with Crippen molar-refractivity contribution >= 4 is 33.8 Å². The summed E-state index contributed by atoms with van der Waals surface area (Å²) in [5.74, 6) is 0. The fourth-order valence-corrected chi connectivity index (χ4v) is 3.03. The van der Waals surface area contributed by atoms with Gasteiger partial charge < -0.3 is 10.6 Å². The molecule has 1 aromatic carbocycles. The standard InChI is InChI=1S/C12H12ClN3S/c13-9-2-1-8-3-4-16(11(8)5-9)7-10-6-15-12(14)17-10/h1-2,5-6H,3-4,7H2,(H2,14,15). The smallest absolute Gasteiger partial charge is 0.180 e. The summed E-state index contributed by atoms with van der Waals surface area (Å²) >= 11 is 7.58. The average molecular weight is 266 g/mol. The Hall–Kier alpha value is -1.26. The van der Waals surface area contributed by atoms with Crippen molar-refractivity contribution in [1.29, 1.82) is 0 Å². The van der Waals surface area contributed by atoms with E-state index in [0.717, 1.165) is 24.5 Å². The summed E-state index contributed by atoms with van der Waals surface area (Å²) < 4.78 is 0. The number of rotatable bonds is 2. The molecule has 88 valence electrons. The molecule has 2 heterocycles. The first kappa shape index (κ1) is 10.9. The Labute approximate surface area is 109 Å². The molecule has 0 amide bonds. The molecule has 0 unspecified atom stereocenters. The van der Waals surface area contributed by atoms with Crippen LogP contribution in [0.4, 0.5) is 10.8 Å². The van der Waals surface area contributed by atoms with E-state index in [1.54, 1.807) is 11.3 Å². The highest BCUT2D eigenvalue weighted by Gasteiger charge is 2.19. The number of fused-ring (bicyclic) bond motifs is 1. The van der Waals surface area contributed by atoms with Crippen LogP contribution in [0.1, 0.15) is 10.4 Å². The lowest BCUT2D eigenvalue weighted by Gasteiger charge is -2.18. The van der Waals surface area contributed by atoms with Gasteiger partial charge in [-0.1, -0.05) is 17.7 Å². The molecule has 0 saturated heterocycles. The Kier molecular flexibility index (Phi) is 2.68. The summed E-state index contributed by atoms with van der Waals surface area (Å²) in [6.07, 6.45) is 2.93. The molecule has 2 aromatic rings. The van der Waals surface area contributed by atoms with E-state index >= 15 is 0 Å². The number of hydrogen-bond acceptors (Lipinski definition) is 4. The fraction of sp³-hybridized carbons (Fsp3) is 0.250. The summed E-state index contributed by atoms with van der Waals surface area (Å²) in [5.41, 5.74) is 8.25. The van der Waals surface area contributed by atoms with Crippen molar-refractivity contribution in [2.45, 2.75) is 13.0 Å². The molecule has 0 aliphatic carbocycles. The van der Waals surface area contributed by atoms with E-state index in [4.69, 9.17) is 17.3 Å². The predicted octanol–water partition coefficient (Wildman–Crippen LogP) is 2.94. The molecule has 17 heavy (non-hydrogen) atoms. The third-order valence-electron chi connectivity index (χ3n) is 2.96. The fourth-order valence-electron chi connectivity index (χ4n) is 2.17. The molecule has 3 nitrogen and oxygen atoms in total. The highest BCUT2D eigenvalue weighted by atomic mass is 35.5. The van der Waals surface area contributed by atoms with E-state index in [-0.39, 0.29) is 0 Å². The van der Waals surface area contributed by atoms with Crippen molar-refractivity contribution in [3.63, 3.8) is 0 Å². The molecule has 0 radical (unpaired) electrons. The first-order chi connectivity index (χ1) is 8.22. The molecule has 0 saturated carbocycles. The SMILES string of the molecule is Nc1ncc(CN2CCc3ccc(Cl)cc32)s1. The molecule has 0 bridgehead atoms. The van der Waals surface area contributed by atoms with Gasteiger partial charge in [-0.05, 0) is 24.1 Å². The van der Waals surface area contributed by atoms with Gasteiger partial charge in [0, 0.05) is 28.3 Å². The average Bonchev–Trinajstić information content (AvgIpc) is 2.87. The molecule has 0 spiro atoms. The van der Waals surface area contributed by atoms with Crippen LogP contribution in [0.3, 0.4) is 0 Å². The van der Waals surface area contributed by atoms with Crippen LogP contribution >= 0.6 is 22.9 Å². The van der Waals surface area contributed by atoms with E-state index in [9.17, 15) is 0 Å². The lowest BCUT2D eigenvalue weighted by Crippen LogP contribution is -2.18. The topological polar surface area (TPSA) is 42.1 Å². The number of hydrogen-bond donors (Lipinski definition) is 1. The van der Waals surface area contributed by atoms with Crippen molar-refractivity contribution in [1.82, 2.24) is 4.98 Å².